The van der Waals surface area contributed by atoms with Crippen LogP contribution in [0.1, 0.15) is 18.9 Å². The summed E-state index contributed by atoms with van der Waals surface area (Å²) in [5, 5.41) is 3.38. The van der Waals surface area contributed by atoms with Gasteiger partial charge >= 0.3 is 0 Å². The molecule has 0 amide bonds. The monoisotopic (exact) mass is 301 g/mol. The van der Waals surface area contributed by atoms with E-state index < -0.39 is 0 Å². The van der Waals surface area contributed by atoms with E-state index in [1.54, 1.807) is 7.11 Å². The zero-order valence-corrected chi connectivity index (χ0v) is 12.0. The van der Waals surface area contributed by atoms with Crippen LogP contribution in [0.15, 0.2) is 22.7 Å². The highest BCUT2D eigenvalue weighted by Gasteiger charge is 2.03. The van der Waals surface area contributed by atoms with Gasteiger partial charge in [-0.1, -0.05) is 15.9 Å². The second-order valence-electron chi connectivity index (χ2n) is 3.71. The number of ether oxygens (including phenoxy) is 2. The zero-order valence-electron chi connectivity index (χ0n) is 10.5. The summed E-state index contributed by atoms with van der Waals surface area (Å²) in [6.45, 7) is 5.25. The molecule has 0 aliphatic rings. The van der Waals surface area contributed by atoms with E-state index in [-0.39, 0.29) is 0 Å². The largest absolute Gasteiger partial charge is 0.494 e. The Morgan fingerprint density at radius 2 is 2.18 bits per heavy atom. The molecule has 0 unspecified atom stereocenters. The smallest absolute Gasteiger partial charge is 0.123 e. The fourth-order valence-electron chi connectivity index (χ4n) is 1.55. The van der Waals surface area contributed by atoms with E-state index in [2.05, 4.69) is 27.3 Å². The van der Waals surface area contributed by atoms with E-state index in [1.807, 2.05) is 19.1 Å². The van der Waals surface area contributed by atoms with Crippen molar-refractivity contribution in [2.24, 2.45) is 0 Å². The highest BCUT2D eigenvalue weighted by Crippen LogP contribution is 2.23. The molecule has 0 bridgehead atoms. The Hall–Kier alpha value is -0.580. The molecular formula is C13H20BrNO2. The van der Waals surface area contributed by atoms with Gasteiger partial charge in [0.1, 0.15) is 5.75 Å². The topological polar surface area (TPSA) is 30.5 Å². The minimum absolute atomic E-state index is 0.693. The van der Waals surface area contributed by atoms with Crippen LogP contribution in [0.4, 0.5) is 0 Å². The molecular weight excluding hydrogens is 282 g/mol. The number of benzene rings is 1. The molecule has 0 heterocycles. The Morgan fingerprint density at radius 1 is 1.35 bits per heavy atom. The third kappa shape index (κ3) is 5.52. The van der Waals surface area contributed by atoms with Gasteiger partial charge in [0, 0.05) is 30.3 Å². The average molecular weight is 302 g/mol. The maximum Gasteiger partial charge on any atom is 0.123 e. The molecule has 0 saturated carbocycles. The lowest BCUT2D eigenvalue weighted by Crippen LogP contribution is -2.16. The van der Waals surface area contributed by atoms with E-state index in [0.717, 1.165) is 36.3 Å². The zero-order chi connectivity index (χ0) is 12.5. The van der Waals surface area contributed by atoms with Gasteiger partial charge in [-0.05, 0) is 38.1 Å². The van der Waals surface area contributed by atoms with Gasteiger partial charge in [-0.3, -0.25) is 0 Å². The van der Waals surface area contributed by atoms with Crippen LogP contribution in [0.3, 0.4) is 0 Å². The Labute approximate surface area is 112 Å². The van der Waals surface area contributed by atoms with E-state index in [1.165, 1.54) is 5.56 Å². The van der Waals surface area contributed by atoms with Gasteiger partial charge in [0.25, 0.3) is 0 Å². The molecule has 17 heavy (non-hydrogen) atoms. The molecule has 4 heteroatoms. The Bertz CT molecular complexity index is 331. The van der Waals surface area contributed by atoms with Crippen molar-refractivity contribution in [1.29, 1.82) is 0 Å². The van der Waals surface area contributed by atoms with Crippen LogP contribution < -0.4 is 10.1 Å². The van der Waals surface area contributed by atoms with Crippen molar-refractivity contribution in [3.63, 3.8) is 0 Å². The molecule has 0 spiro atoms. The average Bonchev–Trinajstić information content (AvgIpc) is 2.32. The number of hydrogen-bond donors (Lipinski definition) is 1. The molecule has 3 nitrogen and oxygen atoms in total. The van der Waals surface area contributed by atoms with Crippen LogP contribution in [0.25, 0.3) is 0 Å². The summed E-state index contributed by atoms with van der Waals surface area (Å²) in [4.78, 5) is 0. The van der Waals surface area contributed by atoms with E-state index in [9.17, 15) is 0 Å². The molecule has 0 aliphatic heterocycles. The standard InChI is InChI=1S/C13H20BrNO2/c1-3-17-13-6-5-12(14)9-11(13)10-15-7-4-8-16-2/h5-6,9,15H,3-4,7-8,10H2,1-2H3. The third-order valence-electron chi connectivity index (χ3n) is 2.34. The van der Waals surface area contributed by atoms with Crippen molar-refractivity contribution >= 4 is 15.9 Å². The van der Waals surface area contributed by atoms with Gasteiger partial charge in [-0.2, -0.15) is 0 Å². The van der Waals surface area contributed by atoms with Crippen LogP contribution in [0, 0.1) is 0 Å². The summed E-state index contributed by atoms with van der Waals surface area (Å²) in [6, 6.07) is 6.09. The predicted molar refractivity (Wildman–Crippen MR) is 73.5 cm³/mol. The summed E-state index contributed by atoms with van der Waals surface area (Å²) in [5.41, 5.74) is 1.18. The number of nitrogens with one attached hydrogen (secondary N) is 1. The molecule has 0 atom stereocenters. The van der Waals surface area contributed by atoms with Crippen molar-refractivity contribution in [1.82, 2.24) is 5.32 Å². The van der Waals surface area contributed by atoms with Gasteiger partial charge < -0.3 is 14.8 Å². The highest BCUT2D eigenvalue weighted by atomic mass is 79.9. The quantitative estimate of drug-likeness (QED) is 0.749. The van der Waals surface area contributed by atoms with Gasteiger partial charge in [0.15, 0.2) is 0 Å². The molecule has 1 aromatic carbocycles. The molecule has 1 rings (SSSR count). The van der Waals surface area contributed by atoms with Crippen LogP contribution in [-0.4, -0.2) is 26.9 Å². The summed E-state index contributed by atoms with van der Waals surface area (Å²) < 4.78 is 11.7. The first-order chi connectivity index (χ1) is 8.27. The molecule has 1 N–H and O–H groups in total. The Kier molecular flexibility index (Phi) is 7.24. The molecule has 96 valence electrons. The predicted octanol–water partition coefficient (Wildman–Crippen LogP) is 2.97. The number of hydrogen-bond acceptors (Lipinski definition) is 3. The molecule has 0 aromatic heterocycles. The first-order valence-electron chi connectivity index (χ1n) is 5.88. The van der Waals surface area contributed by atoms with Crippen molar-refractivity contribution < 1.29 is 9.47 Å². The lowest BCUT2D eigenvalue weighted by molar-refractivity contribution is 0.194. The Balaban J connectivity index is 2.47. The highest BCUT2D eigenvalue weighted by molar-refractivity contribution is 9.10. The van der Waals surface area contributed by atoms with Gasteiger partial charge in [0.2, 0.25) is 0 Å². The van der Waals surface area contributed by atoms with Gasteiger partial charge in [-0.25, -0.2) is 0 Å². The second kappa shape index (κ2) is 8.50. The minimum Gasteiger partial charge on any atom is -0.494 e. The van der Waals surface area contributed by atoms with E-state index in [0.29, 0.717) is 6.61 Å². The normalized spacial score (nSPS) is 10.5. The lowest BCUT2D eigenvalue weighted by Gasteiger charge is -2.11. The van der Waals surface area contributed by atoms with Crippen LogP contribution in [0.5, 0.6) is 5.75 Å². The molecule has 0 radical (unpaired) electrons. The lowest BCUT2D eigenvalue weighted by atomic mass is 10.2. The fourth-order valence-corrected chi connectivity index (χ4v) is 1.96. The van der Waals surface area contributed by atoms with Crippen molar-refractivity contribution in [2.75, 3.05) is 26.9 Å². The Morgan fingerprint density at radius 3 is 2.88 bits per heavy atom. The third-order valence-corrected chi connectivity index (χ3v) is 2.83. The summed E-state index contributed by atoms with van der Waals surface area (Å²) >= 11 is 3.48. The maximum absolute atomic E-state index is 5.58. The molecule has 0 aliphatic carbocycles. The summed E-state index contributed by atoms with van der Waals surface area (Å²) in [6.07, 6.45) is 1.02. The van der Waals surface area contributed by atoms with Crippen molar-refractivity contribution in [3.05, 3.63) is 28.2 Å². The van der Waals surface area contributed by atoms with E-state index in [4.69, 9.17) is 9.47 Å². The first kappa shape index (κ1) is 14.5. The second-order valence-corrected chi connectivity index (χ2v) is 4.62. The summed E-state index contributed by atoms with van der Waals surface area (Å²) in [7, 11) is 1.72. The fraction of sp³-hybridized carbons (Fsp3) is 0.538. The van der Waals surface area contributed by atoms with E-state index >= 15 is 0 Å². The molecule has 1 aromatic rings. The van der Waals surface area contributed by atoms with Crippen LogP contribution in [-0.2, 0) is 11.3 Å². The van der Waals surface area contributed by atoms with Crippen molar-refractivity contribution in [2.45, 2.75) is 19.9 Å². The van der Waals surface area contributed by atoms with Gasteiger partial charge in [0.05, 0.1) is 6.61 Å². The minimum atomic E-state index is 0.693. The van der Waals surface area contributed by atoms with Crippen molar-refractivity contribution in [3.8, 4) is 5.75 Å². The molecule has 0 fully saturated rings. The van der Waals surface area contributed by atoms with Crippen LogP contribution in [0.2, 0.25) is 0 Å². The van der Waals surface area contributed by atoms with Crippen LogP contribution >= 0.6 is 15.9 Å². The number of halogens is 1. The summed E-state index contributed by atoms with van der Waals surface area (Å²) in [5.74, 6) is 0.954. The molecule has 0 saturated heterocycles. The first-order valence-corrected chi connectivity index (χ1v) is 6.68. The number of rotatable bonds is 8. The SMILES string of the molecule is CCOc1ccc(Br)cc1CNCCCOC. The maximum atomic E-state index is 5.58. The number of methoxy groups -OCH3 is 1. The van der Waals surface area contributed by atoms with Gasteiger partial charge in [-0.15, -0.1) is 0 Å².